The second-order valence-electron chi connectivity index (χ2n) is 7.50. The normalized spacial score (nSPS) is 14.1. The van der Waals surface area contributed by atoms with Crippen LogP contribution < -0.4 is 10.2 Å². The van der Waals surface area contributed by atoms with Gasteiger partial charge in [0.1, 0.15) is 0 Å². The molecule has 32 heavy (non-hydrogen) atoms. The maximum atomic E-state index is 9.22. The maximum Gasteiger partial charge on any atom is 0.227 e. The lowest BCUT2D eigenvalue weighted by atomic mass is 10.1. The molecule has 0 spiro atoms. The molecule has 2 N–H and O–H groups in total. The number of morpholine rings is 1. The molecule has 2 aromatic heterocycles. The van der Waals surface area contributed by atoms with Crippen LogP contribution >= 0.6 is 11.6 Å². The zero-order valence-corrected chi connectivity index (χ0v) is 18.2. The number of benzene rings is 2. The van der Waals surface area contributed by atoms with E-state index in [-0.39, 0.29) is 6.61 Å². The molecule has 0 bridgehead atoms. The molecule has 164 valence electrons. The van der Waals surface area contributed by atoms with Crippen LogP contribution in [0.3, 0.4) is 0 Å². The van der Waals surface area contributed by atoms with Crippen LogP contribution in [0.15, 0.2) is 55.0 Å². The number of imidazole rings is 1. The van der Waals surface area contributed by atoms with Gasteiger partial charge in [-0.2, -0.15) is 0 Å². The zero-order valence-electron chi connectivity index (χ0n) is 17.4. The molecule has 0 aliphatic carbocycles. The number of aromatic nitrogens is 4. The summed E-state index contributed by atoms with van der Waals surface area (Å²) in [5.74, 6) is 0.469. The number of anilines is 3. The number of rotatable bonds is 6. The third-order valence-corrected chi connectivity index (χ3v) is 5.76. The third kappa shape index (κ3) is 4.12. The molecule has 8 nitrogen and oxygen atoms in total. The first-order valence-corrected chi connectivity index (χ1v) is 10.9. The summed E-state index contributed by atoms with van der Waals surface area (Å²) in [4.78, 5) is 15.8. The lowest BCUT2D eigenvalue weighted by Gasteiger charge is -2.30. The molecule has 1 aliphatic heterocycles. The molecule has 0 amide bonds. The second kappa shape index (κ2) is 9.12. The first-order chi connectivity index (χ1) is 15.7. The van der Waals surface area contributed by atoms with Gasteiger partial charge in [-0.1, -0.05) is 29.8 Å². The lowest BCUT2D eigenvalue weighted by Crippen LogP contribution is -2.36. The smallest absolute Gasteiger partial charge is 0.227 e. The van der Waals surface area contributed by atoms with Crippen molar-refractivity contribution in [3.05, 3.63) is 60.0 Å². The van der Waals surface area contributed by atoms with Gasteiger partial charge in [-0.05, 0) is 24.3 Å². The number of aliphatic hydroxyl groups excluding tert-OH is 1. The first kappa shape index (κ1) is 20.7. The Morgan fingerprint density at radius 3 is 2.78 bits per heavy atom. The number of nitrogens with one attached hydrogen (secondary N) is 1. The van der Waals surface area contributed by atoms with Gasteiger partial charge in [-0.15, -0.1) is 0 Å². The van der Waals surface area contributed by atoms with E-state index < -0.39 is 0 Å². The molecule has 5 rings (SSSR count). The molecule has 4 aromatic rings. The summed E-state index contributed by atoms with van der Waals surface area (Å²) >= 11 is 6.46. The average Bonchev–Trinajstić information content (AvgIpc) is 3.23. The molecular formula is C23H23ClN6O2. The molecular weight excluding hydrogens is 428 g/mol. The van der Waals surface area contributed by atoms with Crippen molar-refractivity contribution in [2.45, 2.75) is 6.54 Å². The highest BCUT2D eigenvalue weighted by Crippen LogP contribution is 2.32. The summed E-state index contributed by atoms with van der Waals surface area (Å²) in [7, 11) is 0. The minimum absolute atomic E-state index is 0.0614. The number of halogens is 1. The highest BCUT2D eigenvalue weighted by molar-refractivity contribution is 6.33. The molecule has 1 saturated heterocycles. The zero-order chi connectivity index (χ0) is 21.9. The van der Waals surface area contributed by atoms with Gasteiger partial charge in [0, 0.05) is 25.2 Å². The largest absolute Gasteiger partial charge is 0.395 e. The molecule has 1 fully saturated rings. The quantitative estimate of drug-likeness (QED) is 0.462. The predicted molar refractivity (Wildman–Crippen MR) is 126 cm³/mol. The topological polar surface area (TPSA) is 88.3 Å². The number of aliphatic hydroxyl groups is 1. The molecule has 2 aromatic carbocycles. The summed E-state index contributed by atoms with van der Waals surface area (Å²) in [6.07, 6.45) is 3.33. The Morgan fingerprint density at radius 1 is 1.09 bits per heavy atom. The van der Waals surface area contributed by atoms with E-state index in [1.807, 2.05) is 41.0 Å². The summed E-state index contributed by atoms with van der Waals surface area (Å²) in [5, 5.41) is 13.0. The first-order valence-electron chi connectivity index (χ1n) is 10.5. The maximum absolute atomic E-state index is 9.22. The molecule has 0 saturated carbocycles. The Morgan fingerprint density at radius 2 is 1.94 bits per heavy atom. The fourth-order valence-corrected chi connectivity index (χ4v) is 4.11. The van der Waals surface area contributed by atoms with E-state index in [0.29, 0.717) is 36.4 Å². The van der Waals surface area contributed by atoms with E-state index in [4.69, 9.17) is 21.3 Å². The van der Waals surface area contributed by atoms with Crippen LogP contribution in [0, 0.1) is 0 Å². The van der Waals surface area contributed by atoms with Crippen molar-refractivity contribution in [2.75, 3.05) is 43.1 Å². The lowest BCUT2D eigenvalue weighted by molar-refractivity contribution is 0.123. The minimum atomic E-state index is 0.0614. The van der Waals surface area contributed by atoms with E-state index in [9.17, 15) is 5.11 Å². The Kier molecular flexibility index (Phi) is 5.89. The summed E-state index contributed by atoms with van der Waals surface area (Å²) < 4.78 is 7.40. The van der Waals surface area contributed by atoms with Crippen molar-refractivity contribution in [1.82, 2.24) is 19.5 Å². The van der Waals surface area contributed by atoms with Crippen molar-refractivity contribution in [1.29, 1.82) is 0 Å². The summed E-state index contributed by atoms with van der Waals surface area (Å²) in [6, 6.07) is 14.0. The van der Waals surface area contributed by atoms with Crippen LogP contribution in [0.25, 0.3) is 22.3 Å². The molecule has 0 atom stereocenters. The SMILES string of the molecule is OCCn1cnc2cc(-c3nc(Nc4ccccc4N4CCOCC4)ncc3Cl)ccc21. The third-order valence-electron chi connectivity index (χ3n) is 5.48. The Labute approximate surface area is 190 Å². The number of nitrogens with zero attached hydrogens (tertiary/aromatic N) is 5. The van der Waals surface area contributed by atoms with Crippen LogP contribution in [-0.2, 0) is 11.3 Å². The summed E-state index contributed by atoms with van der Waals surface area (Å²) in [5.41, 5.74) is 5.27. The van der Waals surface area contributed by atoms with E-state index in [1.54, 1.807) is 12.5 Å². The average molecular weight is 451 g/mol. The Balaban J connectivity index is 1.46. The van der Waals surface area contributed by atoms with Gasteiger partial charge in [0.2, 0.25) is 5.95 Å². The van der Waals surface area contributed by atoms with Crippen molar-refractivity contribution >= 4 is 40.0 Å². The van der Waals surface area contributed by atoms with Crippen molar-refractivity contribution in [3.8, 4) is 11.3 Å². The van der Waals surface area contributed by atoms with Crippen LogP contribution in [0.2, 0.25) is 5.02 Å². The van der Waals surface area contributed by atoms with Gasteiger partial charge in [0.25, 0.3) is 0 Å². The molecule has 0 unspecified atom stereocenters. The second-order valence-corrected chi connectivity index (χ2v) is 7.90. The monoisotopic (exact) mass is 450 g/mol. The van der Waals surface area contributed by atoms with Crippen LogP contribution in [0.4, 0.5) is 17.3 Å². The van der Waals surface area contributed by atoms with E-state index in [1.165, 1.54) is 0 Å². The van der Waals surface area contributed by atoms with Crippen molar-refractivity contribution in [3.63, 3.8) is 0 Å². The van der Waals surface area contributed by atoms with Gasteiger partial charge < -0.3 is 24.6 Å². The number of fused-ring (bicyclic) bond motifs is 1. The molecule has 1 aliphatic rings. The van der Waals surface area contributed by atoms with Crippen LogP contribution in [-0.4, -0.2) is 57.5 Å². The summed E-state index contributed by atoms with van der Waals surface area (Å²) in [6.45, 7) is 3.67. The Bertz CT molecular complexity index is 1240. The van der Waals surface area contributed by atoms with Crippen molar-refractivity contribution in [2.24, 2.45) is 0 Å². The number of hydrogen-bond donors (Lipinski definition) is 2. The highest BCUT2D eigenvalue weighted by Gasteiger charge is 2.16. The molecule has 9 heteroatoms. The number of para-hydroxylation sites is 2. The minimum Gasteiger partial charge on any atom is -0.395 e. The van der Waals surface area contributed by atoms with Gasteiger partial charge in [0.15, 0.2) is 0 Å². The van der Waals surface area contributed by atoms with Gasteiger partial charge in [-0.25, -0.2) is 15.0 Å². The van der Waals surface area contributed by atoms with Gasteiger partial charge >= 0.3 is 0 Å². The van der Waals surface area contributed by atoms with E-state index in [0.717, 1.165) is 41.1 Å². The molecule has 3 heterocycles. The van der Waals surface area contributed by atoms with Crippen LogP contribution in [0.1, 0.15) is 0 Å². The van der Waals surface area contributed by atoms with E-state index in [2.05, 4.69) is 26.3 Å². The number of hydrogen-bond acceptors (Lipinski definition) is 7. The van der Waals surface area contributed by atoms with Gasteiger partial charge in [-0.3, -0.25) is 0 Å². The molecule has 0 radical (unpaired) electrons. The van der Waals surface area contributed by atoms with Crippen molar-refractivity contribution < 1.29 is 9.84 Å². The fourth-order valence-electron chi connectivity index (χ4n) is 3.91. The van der Waals surface area contributed by atoms with E-state index >= 15 is 0 Å². The standard InChI is InChI=1S/C23H23ClN6O2/c24-17-14-25-23(27-18-3-1-2-4-20(18)29-8-11-32-12-9-29)28-22(17)16-5-6-21-19(13-16)26-15-30(21)7-10-31/h1-6,13-15,31H,7-12H2,(H,25,27,28). The Hall–Kier alpha value is -3.20. The van der Waals surface area contributed by atoms with Gasteiger partial charge in [0.05, 0.1) is 65.5 Å². The number of ether oxygens (including phenoxy) is 1. The predicted octanol–water partition coefficient (Wildman–Crippen LogP) is 3.72. The fraction of sp³-hybridized carbons (Fsp3) is 0.261. The highest BCUT2D eigenvalue weighted by atomic mass is 35.5. The van der Waals surface area contributed by atoms with Crippen LogP contribution in [0.5, 0.6) is 0 Å².